The van der Waals surface area contributed by atoms with Crippen LogP contribution in [0.4, 0.5) is 0 Å². The van der Waals surface area contributed by atoms with E-state index in [1.165, 1.54) is 29.3 Å². The topological polar surface area (TPSA) is 50.2 Å². The van der Waals surface area contributed by atoms with Gasteiger partial charge in [0.25, 0.3) is 0 Å². The maximum Gasteiger partial charge on any atom is 0.338 e. The summed E-state index contributed by atoms with van der Waals surface area (Å²) in [6.07, 6.45) is 5.16. The van der Waals surface area contributed by atoms with Crippen molar-refractivity contribution in [3.8, 4) is 0 Å². The van der Waals surface area contributed by atoms with Crippen LogP contribution >= 0.6 is 11.8 Å². The van der Waals surface area contributed by atoms with Crippen LogP contribution in [0.25, 0.3) is 0 Å². The van der Waals surface area contributed by atoms with Crippen molar-refractivity contribution >= 4 is 17.7 Å². The predicted octanol–water partition coefficient (Wildman–Crippen LogP) is 3.73. The molecule has 0 bridgehead atoms. The number of aromatic carboxylic acids is 1. The van der Waals surface area contributed by atoms with Gasteiger partial charge >= 0.3 is 5.97 Å². The van der Waals surface area contributed by atoms with Crippen molar-refractivity contribution in [2.24, 2.45) is 0 Å². The Morgan fingerprint density at radius 2 is 2.05 bits per heavy atom. The summed E-state index contributed by atoms with van der Waals surface area (Å²) < 4.78 is 0. The van der Waals surface area contributed by atoms with Gasteiger partial charge in [-0.3, -0.25) is 0 Å². The average Bonchev–Trinajstić information content (AvgIpc) is 2.85. The molecule has 102 valence electrons. The van der Waals surface area contributed by atoms with Crippen molar-refractivity contribution in [3.63, 3.8) is 0 Å². The normalized spacial score (nSPS) is 13.2. The quantitative estimate of drug-likeness (QED) is 0.933. The summed E-state index contributed by atoms with van der Waals surface area (Å²) in [5, 5.41) is 9.89. The van der Waals surface area contributed by atoms with E-state index in [1.54, 1.807) is 19.2 Å². The third kappa shape index (κ3) is 2.43. The summed E-state index contributed by atoms with van der Waals surface area (Å²) in [6, 6.07) is 8.12. The van der Waals surface area contributed by atoms with Crippen LogP contribution in [0.5, 0.6) is 0 Å². The molecule has 1 heterocycles. The third-order valence-corrected chi connectivity index (χ3v) is 4.62. The zero-order chi connectivity index (χ0) is 14.1. The maximum absolute atomic E-state index is 11.4. The number of aryl methyl sites for hydroxylation is 3. The molecule has 0 saturated carbocycles. The number of hydrogen-bond donors (Lipinski definition) is 1. The molecular weight excluding hydrogens is 270 g/mol. The van der Waals surface area contributed by atoms with E-state index in [2.05, 4.69) is 23.2 Å². The Balaban J connectivity index is 1.95. The predicted molar refractivity (Wildman–Crippen MR) is 78.5 cm³/mol. The van der Waals surface area contributed by atoms with Crippen LogP contribution < -0.4 is 0 Å². The van der Waals surface area contributed by atoms with Gasteiger partial charge in [-0.25, -0.2) is 9.78 Å². The minimum Gasteiger partial charge on any atom is -0.478 e. The van der Waals surface area contributed by atoms with Crippen molar-refractivity contribution in [1.29, 1.82) is 0 Å². The molecule has 3 rings (SSSR count). The Kier molecular flexibility index (Phi) is 3.49. The summed E-state index contributed by atoms with van der Waals surface area (Å²) in [5.74, 6) is -0.917. The number of benzene rings is 1. The van der Waals surface area contributed by atoms with E-state index in [0.717, 1.165) is 23.3 Å². The van der Waals surface area contributed by atoms with Crippen LogP contribution in [-0.4, -0.2) is 16.1 Å². The number of aromatic nitrogens is 1. The molecule has 20 heavy (non-hydrogen) atoms. The molecule has 0 spiro atoms. The van der Waals surface area contributed by atoms with Gasteiger partial charge in [0.15, 0.2) is 0 Å². The van der Waals surface area contributed by atoms with Gasteiger partial charge in [-0.15, -0.1) is 0 Å². The van der Waals surface area contributed by atoms with Gasteiger partial charge in [-0.05, 0) is 61.1 Å². The lowest BCUT2D eigenvalue weighted by atomic mass is 10.1. The number of carbonyl (C=O) groups is 1. The van der Waals surface area contributed by atoms with E-state index in [-0.39, 0.29) is 0 Å². The molecule has 1 aromatic carbocycles. The van der Waals surface area contributed by atoms with E-state index < -0.39 is 5.97 Å². The number of hydrogen-bond acceptors (Lipinski definition) is 3. The fourth-order valence-electron chi connectivity index (χ4n) is 2.59. The first-order valence-corrected chi connectivity index (χ1v) is 7.45. The van der Waals surface area contributed by atoms with Gasteiger partial charge in [0.2, 0.25) is 0 Å². The van der Waals surface area contributed by atoms with Crippen LogP contribution in [0.15, 0.2) is 40.4 Å². The van der Waals surface area contributed by atoms with E-state index in [9.17, 15) is 9.90 Å². The smallest absolute Gasteiger partial charge is 0.338 e. The molecule has 1 aliphatic rings. The summed E-state index contributed by atoms with van der Waals surface area (Å²) in [6.45, 7) is 1.80. The van der Waals surface area contributed by atoms with Crippen LogP contribution in [-0.2, 0) is 12.8 Å². The second kappa shape index (κ2) is 5.29. The Hall–Kier alpha value is -1.81. The molecular formula is C16H15NO2S. The number of fused-ring (bicyclic) bond motifs is 1. The number of carboxylic acids is 1. The summed E-state index contributed by atoms with van der Waals surface area (Å²) in [7, 11) is 0. The van der Waals surface area contributed by atoms with Gasteiger partial charge in [-0.2, -0.15) is 0 Å². The number of nitrogens with zero attached hydrogens (tertiary/aromatic N) is 1. The van der Waals surface area contributed by atoms with E-state index >= 15 is 0 Å². The minimum absolute atomic E-state index is 0.304. The van der Waals surface area contributed by atoms with Crippen molar-refractivity contribution in [2.45, 2.75) is 36.1 Å². The van der Waals surface area contributed by atoms with Gasteiger partial charge in [0.05, 0.1) is 5.56 Å². The Labute approximate surface area is 122 Å². The van der Waals surface area contributed by atoms with Crippen LogP contribution in [0.1, 0.15) is 33.5 Å². The van der Waals surface area contributed by atoms with E-state index in [1.807, 2.05) is 0 Å². The molecule has 0 radical (unpaired) electrons. The first-order chi connectivity index (χ1) is 9.65. The molecule has 0 aliphatic heterocycles. The minimum atomic E-state index is -0.917. The zero-order valence-corrected chi connectivity index (χ0v) is 12.0. The highest BCUT2D eigenvalue weighted by Crippen LogP contribution is 2.33. The molecule has 3 nitrogen and oxygen atoms in total. The van der Waals surface area contributed by atoms with Crippen molar-refractivity contribution < 1.29 is 9.90 Å². The summed E-state index contributed by atoms with van der Waals surface area (Å²) in [4.78, 5) is 16.7. The molecule has 1 N–H and O–H groups in total. The molecule has 1 aromatic heterocycles. The molecule has 0 atom stereocenters. The lowest BCUT2D eigenvalue weighted by Gasteiger charge is -2.08. The second-order valence-electron chi connectivity index (χ2n) is 5.00. The average molecular weight is 285 g/mol. The maximum atomic E-state index is 11.4. The molecule has 1 aliphatic carbocycles. The van der Waals surface area contributed by atoms with Gasteiger partial charge in [0.1, 0.15) is 5.03 Å². The van der Waals surface area contributed by atoms with Crippen LogP contribution in [0.3, 0.4) is 0 Å². The standard InChI is InChI=1S/C16H15NO2S/c1-10-7-8-17-15(14(10)16(18)19)20-13-6-5-11-3-2-4-12(11)9-13/h5-9H,2-4H2,1H3,(H,18,19). The molecule has 0 unspecified atom stereocenters. The van der Waals surface area contributed by atoms with E-state index in [0.29, 0.717) is 10.6 Å². The summed E-state index contributed by atoms with van der Waals surface area (Å²) >= 11 is 1.43. The molecule has 0 amide bonds. The second-order valence-corrected chi connectivity index (χ2v) is 6.06. The lowest BCUT2D eigenvalue weighted by molar-refractivity contribution is 0.0691. The fourth-order valence-corrected chi connectivity index (χ4v) is 3.62. The van der Waals surface area contributed by atoms with Gasteiger partial charge in [-0.1, -0.05) is 17.8 Å². The van der Waals surface area contributed by atoms with Crippen molar-refractivity contribution in [1.82, 2.24) is 4.98 Å². The van der Waals surface area contributed by atoms with Crippen LogP contribution in [0, 0.1) is 6.92 Å². The lowest BCUT2D eigenvalue weighted by Crippen LogP contribution is -2.03. The SMILES string of the molecule is Cc1ccnc(Sc2ccc3c(c2)CCC3)c1C(=O)O. The molecule has 0 fully saturated rings. The summed E-state index contributed by atoms with van der Waals surface area (Å²) in [5.41, 5.74) is 3.86. The van der Waals surface area contributed by atoms with E-state index in [4.69, 9.17) is 0 Å². The molecule has 2 aromatic rings. The Bertz CT molecular complexity index is 682. The van der Waals surface area contributed by atoms with Crippen molar-refractivity contribution in [3.05, 3.63) is 52.7 Å². The monoisotopic (exact) mass is 285 g/mol. The number of rotatable bonds is 3. The van der Waals surface area contributed by atoms with Gasteiger partial charge in [0, 0.05) is 11.1 Å². The Morgan fingerprint density at radius 1 is 1.25 bits per heavy atom. The highest BCUT2D eigenvalue weighted by molar-refractivity contribution is 7.99. The molecule has 4 heteroatoms. The van der Waals surface area contributed by atoms with Crippen molar-refractivity contribution in [2.75, 3.05) is 0 Å². The first-order valence-electron chi connectivity index (χ1n) is 6.63. The molecule has 0 saturated heterocycles. The highest BCUT2D eigenvalue weighted by Gasteiger charge is 2.17. The third-order valence-electron chi connectivity index (χ3n) is 3.62. The zero-order valence-electron chi connectivity index (χ0n) is 11.2. The number of carboxylic acid groups (broad SMARTS) is 1. The van der Waals surface area contributed by atoms with Gasteiger partial charge < -0.3 is 5.11 Å². The number of pyridine rings is 1. The fraction of sp³-hybridized carbons (Fsp3) is 0.250. The first kappa shape index (κ1) is 13.2. The Morgan fingerprint density at radius 3 is 2.85 bits per heavy atom. The van der Waals surface area contributed by atoms with Crippen LogP contribution in [0.2, 0.25) is 0 Å². The highest BCUT2D eigenvalue weighted by atomic mass is 32.2. The largest absolute Gasteiger partial charge is 0.478 e.